The van der Waals surface area contributed by atoms with Crippen LogP contribution in [0.4, 0.5) is 0 Å². The molecule has 1 aromatic carbocycles. The van der Waals surface area contributed by atoms with Gasteiger partial charge in [-0.2, -0.15) is 0 Å². The second-order valence-corrected chi connectivity index (χ2v) is 7.65. The van der Waals surface area contributed by atoms with Crippen LogP contribution in [-0.2, 0) is 19.9 Å². The molecule has 1 atom stereocenters. The highest BCUT2D eigenvalue weighted by atomic mass is 16.5. The first-order valence-corrected chi connectivity index (χ1v) is 9.76. The normalized spacial score (nSPS) is 16.2. The minimum atomic E-state index is -1.12. The van der Waals surface area contributed by atoms with Crippen LogP contribution >= 0.6 is 0 Å². The summed E-state index contributed by atoms with van der Waals surface area (Å²) in [6, 6.07) is 6.93. The van der Waals surface area contributed by atoms with Gasteiger partial charge in [0.15, 0.2) is 0 Å². The van der Waals surface area contributed by atoms with E-state index >= 15 is 0 Å². The van der Waals surface area contributed by atoms with Gasteiger partial charge in [-0.3, -0.25) is 14.4 Å². The molecule has 2 amide bonds. The number of methoxy groups -OCH3 is 1. The lowest BCUT2D eigenvalue weighted by Crippen LogP contribution is -2.48. The first kappa shape index (κ1) is 21.7. The van der Waals surface area contributed by atoms with Crippen LogP contribution in [0.2, 0.25) is 0 Å². The first-order chi connectivity index (χ1) is 13.3. The Hall–Kier alpha value is -2.57. The van der Waals surface area contributed by atoms with Crippen molar-refractivity contribution >= 4 is 17.8 Å². The average molecular weight is 390 g/mol. The van der Waals surface area contributed by atoms with E-state index in [-0.39, 0.29) is 18.9 Å². The Morgan fingerprint density at radius 1 is 1.21 bits per heavy atom. The Bertz CT molecular complexity index is 700. The Morgan fingerprint density at radius 2 is 1.93 bits per heavy atom. The fourth-order valence-corrected chi connectivity index (χ4v) is 3.74. The molecule has 0 aromatic heterocycles. The van der Waals surface area contributed by atoms with E-state index in [1.165, 1.54) is 32.8 Å². The molecule has 1 aliphatic carbocycles. The van der Waals surface area contributed by atoms with Gasteiger partial charge in [0.05, 0.1) is 25.6 Å². The third-order valence-corrected chi connectivity index (χ3v) is 5.33. The van der Waals surface area contributed by atoms with Gasteiger partial charge in [0.2, 0.25) is 11.8 Å². The first-order valence-electron chi connectivity index (χ1n) is 9.76. The molecule has 1 aromatic rings. The molecule has 0 spiro atoms. The molecule has 1 saturated carbocycles. The quantitative estimate of drug-likeness (QED) is 0.570. The molecule has 0 saturated heterocycles. The molecule has 1 unspecified atom stereocenters. The minimum Gasteiger partial charge on any atom is -0.497 e. The van der Waals surface area contributed by atoms with Crippen molar-refractivity contribution in [2.24, 2.45) is 5.92 Å². The summed E-state index contributed by atoms with van der Waals surface area (Å²) in [5.41, 5.74) is -0.498. The van der Waals surface area contributed by atoms with Crippen LogP contribution in [-0.4, -0.2) is 36.5 Å². The Labute approximate surface area is 165 Å². The zero-order valence-corrected chi connectivity index (χ0v) is 16.6. The van der Waals surface area contributed by atoms with Crippen LogP contribution < -0.4 is 15.4 Å². The van der Waals surface area contributed by atoms with Gasteiger partial charge in [0.1, 0.15) is 5.75 Å². The Balaban J connectivity index is 1.92. The lowest BCUT2D eigenvalue weighted by atomic mass is 9.88. The topological polar surface area (TPSA) is 105 Å². The second-order valence-electron chi connectivity index (χ2n) is 7.65. The molecule has 154 valence electrons. The Kier molecular flexibility index (Phi) is 7.84. The van der Waals surface area contributed by atoms with Crippen LogP contribution in [0.3, 0.4) is 0 Å². The number of carboxylic acid groups (broad SMARTS) is 1. The number of benzene rings is 1. The SMILES string of the molecule is COc1cccc(C(C)(CC(=O)O)NC(=O)CNC(=O)CCC2CCCC2)c1. The van der Waals surface area contributed by atoms with Crippen LogP contribution in [0.1, 0.15) is 57.4 Å². The maximum Gasteiger partial charge on any atom is 0.306 e. The highest BCUT2D eigenvalue weighted by molar-refractivity contribution is 5.85. The number of rotatable bonds is 10. The van der Waals surface area contributed by atoms with Gasteiger partial charge >= 0.3 is 5.97 Å². The van der Waals surface area contributed by atoms with Crippen molar-refractivity contribution in [1.82, 2.24) is 10.6 Å². The fourth-order valence-electron chi connectivity index (χ4n) is 3.74. The minimum absolute atomic E-state index is 0.150. The van der Waals surface area contributed by atoms with E-state index in [0.29, 0.717) is 23.7 Å². The van der Waals surface area contributed by atoms with E-state index in [0.717, 1.165) is 6.42 Å². The van der Waals surface area contributed by atoms with Gasteiger partial charge in [-0.1, -0.05) is 37.8 Å². The number of carboxylic acids is 1. The summed E-state index contributed by atoms with van der Waals surface area (Å²) in [7, 11) is 1.52. The summed E-state index contributed by atoms with van der Waals surface area (Å²) in [6.45, 7) is 1.47. The van der Waals surface area contributed by atoms with Crippen molar-refractivity contribution < 1.29 is 24.2 Å². The lowest BCUT2D eigenvalue weighted by Gasteiger charge is -2.30. The van der Waals surface area contributed by atoms with Crippen LogP contribution in [0.15, 0.2) is 24.3 Å². The zero-order valence-electron chi connectivity index (χ0n) is 16.6. The molecule has 0 radical (unpaired) electrons. The van der Waals surface area contributed by atoms with Gasteiger partial charge in [-0.05, 0) is 37.0 Å². The monoisotopic (exact) mass is 390 g/mol. The van der Waals surface area contributed by atoms with Crippen molar-refractivity contribution in [2.45, 2.75) is 57.4 Å². The highest BCUT2D eigenvalue weighted by Crippen LogP contribution is 2.29. The summed E-state index contributed by atoms with van der Waals surface area (Å²) >= 11 is 0. The standard InChI is InChI=1S/C21H30N2O5/c1-21(13-20(26)27,16-8-5-9-17(12-16)28-2)23-19(25)14-22-18(24)11-10-15-6-3-4-7-15/h5,8-9,12,15H,3-4,6-7,10-11,13-14H2,1-2H3,(H,22,24)(H,23,25)(H,26,27). The van der Waals surface area contributed by atoms with E-state index in [2.05, 4.69) is 10.6 Å². The van der Waals surface area contributed by atoms with Gasteiger partial charge < -0.3 is 20.5 Å². The summed E-state index contributed by atoms with van der Waals surface area (Å²) in [5.74, 6) is -0.426. The highest BCUT2D eigenvalue weighted by Gasteiger charge is 2.32. The van der Waals surface area contributed by atoms with Gasteiger partial charge in [0, 0.05) is 6.42 Å². The molecule has 0 heterocycles. The van der Waals surface area contributed by atoms with Gasteiger partial charge in [-0.25, -0.2) is 0 Å². The molecule has 1 aliphatic rings. The maximum atomic E-state index is 12.4. The summed E-state index contributed by atoms with van der Waals surface area (Å²) in [5, 5.41) is 14.7. The lowest BCUT2D eigenvalue weighted by molar-refractivity contribution is -0.139. The number of aliphatic carboxylic acids is 1. The molecule has 3 N–H and O–H groups in total. The number of amides is 2. The molecule has 2 rings (SSSR count). The summed E-state index contributed by atoms with van der Waals surface area (Å²) < 4.78 is 5.19. The molecule has 7 nitrogen and oxygen atoms in total. The number of hydrogen-bond donors (Lipinski definition) is 3. The number of carbonyl (C=O) groups is 3. The number of nitrogens with one attached hydrogen (secondary N) is 2. The fraction of sp³-hybridized carbons (Fsp3) is 0.571. The van der Waals surface area contributed by atoms with Crippen molar-refractivity contribution in [1.29, 1.82) is 0 Å². The van der Waals surface area contributed by atoms with Crippen molar-refractivity contribution in [3.8, 4) is 5.75 Å². The van der Waals surface area contributed by atoms with E-state index in [1.54, 1.807) is 31.2 Å². The zero-order chi connectivity index (χ0) is 20.6. The predicted molar refractivity (Wildman–Crippen MR) is 105 cm³/mol. The second kappa shape index (κ2) is 10.1. The average Bonchev–Trinajstić information content (AvgIpc) is 3.17. The molecular weight excluding hydrogens is 360 g/mol. The molecule has 0 bridgehead atoms. The molecule has 1 fully saturated rings. The van der Waals surface area contributed by atoms with Crippen molar-refractivity contribution in [2.75, 3.05) is 13.7 Å². The van der Waals surface area contributed by atoms with E-state index in [1.807, 2.05) is 0 Å². The maximum absolute atomic E-state index is 12.4. The number of ether oxygens (including phenoxy) is 1. The van der Waals surface area contributed by atoms with Crippen LogP contribution in [0, 0.1) is 5.92 Å². The smallest absolute Gasteiger partial charge is 0.306 e. The Morgan fingerprint density at radius 3 is 2.57 bits per heavy atom. The van der Waals surface area contributed by atoms with Gasteiger partial charge in [0.25, 0.3) is 0 Å². The third kappa shape index (κ3) is 6.55. The molecular formula is C21H30N2O5. The van der Waals surface area contributed by atoms with E-state index < -0.39 is 17.4 Å². The predicted octanol–water partition coefficient (Wildman–Crippen LogP) is 2.59. The van der Waals surface area contributed by atoms with Crippen LogP contribution in [0.5, 0.6) is 5.75 Å². The third-order valence-electron chi connectivity index (χ3n) is 5.33. The number of hydrogen-bond acceptors (Lipinski definition) is 4. The largest absolute Gasteiger partial charge is 0.497 e. The van der Waals surface area contributed by atoms with Crippen molar-refractivity contribution in [3.63, 3.8) is 0 Å². The summed E-state index contributed by atoms with van der Waals surface area (Å²) in [4.78, 5) is 35.7. The molecule has 7 heteroatoms. The van der Waals surface area contributed by atoms with Crippen LogP contribution in [0.25, 0.3) is 0 Å². The molecule has 0 aliphatic heterocycles. The van der Waals surface area contributed by atoms with E-state index in [4.69, 9.17) is 4.74 Å². The van der Waals surface area contributed by atoms with Gasteiger partial charge in [-0.15, -0.1) is 0 Å². The molecule has 28 heavy (non-hydrogen) atoms. The van der Waals surface area contributed by atoms with E-state index in [9.17, 15) is 19.5 Å². The summed E-state index contributed by atoms with van der Waals surface area (Å²) in [6.07, 6.45) is 5.82. The number of carbonyl (C=O) groups excluding carboxylic acids is 2. The van der Waals surface area contributed by atoms with Crippen molar-refractivity contribution in [3.05, 3.63) is 29.8 Å².